The molecule has 8 heteroatoms. The molecule has 0 saturated carbocycles. The fraction of sp³-hybridized carbons (Fsp3) is 0.476. The van der Waals surface area contributed by atoms with Crippen LogP contribution < -0.4 is 10.6 Å². The van der Waals surface area contributed by atoms with Gasteiger partial charge in [0.25, 0.3) is 0 Å². The van der Waals surface area contributed by atoms with Crippen molar-refractivity contribution in [3.8, 4) is 5.69 Å². The molecule has 1 aromatic carbocycles. The Morgan fingerprint density at radius 2 is 2.17 bits per heavy atom. The summed E-state index contributed by atoms with van der Waals surface area (Å²) in [7, 11) is 0. The summed E-state index contributed by atoms with van der Waals surface area (Å²) in [4.78, 5) is 26.9. The van der Waals surface area contributed by atoms with Gasteiger partial charge in [-0.05, 0) is 37.0 Å². The monoisotopic (exact) mass is 399 g/mol. The van der Waals surface area contributed by atoms with E-state index < -0.39 is 12.1 Å². The normalized spacial score (nSPS) is 24.1. The number of hydrogen-bond donors (Lipinski definition) is 2. The highest BCUT2D eigenvalue weighted by atomic mass is 19.1. The number of aromatic nitrogens is 2. The van der Waals surface area contributed by atoms with Crippen LogP contribution in [0.25, 0.3) is 5.69 Å². The van der Waals surface area contributed by atoms with Crippen LogP contribution in [0.4, 0.5) is 4.39 Å². The van der Waals surface area contributed by atoms with E-state index in [1.165, 1.54) is 12.1 Å². The van der Waals surface area contributed by atoms with Gasteiger partial charge in [-0.1, -0.05) is 19.9 Å². The summed E-state index contributed by atoms with van der Waals surface area (Å²) in [6.45, 7) is 5.18. The average molecular weight is 399 g/mol. The van der Waals surface area contributed by atoms with Crippen LogP contribution in [0.1, 0.15) is 32.3 Å². The summed E-state index contributed by atoms with van der Waals surface area (Å²) in [6.07, 6.45) is 4.84. The van der Waals surface area contributed by atoms with Gasteiger partial charge in [0.05, 0.1) is 11.9 Å². The summed E-state index contributed by atoms with van der Waals surface area (Å²) in [5.41, 5.74) is 1.61. The molecule has 29 heavy (non-hydrogen) atoms. The number of hydrogen-bond acceptors (Lipinski definition) is 4. The molecule has 3 atom stereocenters. The Kier molecular flexibility index (Phi) is 5.36. The van der Waals surface area contributed by atoms with Crippen LogP contribution >= 0.6 is 0 Å². The molecular weight excluding hydrogens is 373 g/mol. The number of carbonyl (C=O) groups is 2. The molecule has 2 aliphatic rings. The molecule has 7 nitrogen and oxygen atoms in total. The predicted molar refractivity (Wildman–Crippen MR) is 106 cm³/mol. The molecule has 3 heterocycles. The maximum Gasteiger partial charge on any atom is 0.245 e. The van der Waals surface area contributed by atoms with Crippen LogP contribution in [0.2, 0.25) is 0 Å². The van der Waals surface area contributed by atoms with Crippen LogP contribution in [0.15, 0.2) is 36.7 Å². The molecule has 0 radical (unpaired) electrons. The lowest BCUT2D eigenvalue weighted by Gasteiger charge is -2.35. The second kappa shape index (κ2) is 7.94. The van der Waals surface area contributed by atoms with Gasteiger partial charge < -0.3 is 15.5 Å². The minimum atomic E-state index is -0.415. The molecule has 154 valence electrons. The SMILES string of the molecule is CC(C)C[C@@H]1NC(=O)[C@@H]2C[C@H](NCc3cnn(-c4cccc(F)c4)c3)CN2C1=O. The van der Waals surface area contributed by atoms with Crippen molar-refractivity contribution in [3.63, 3.8) is 0 Å². The zero-order valence-electron chi connectivity index (χ0n) is 16.6. The molecule has 2 fully saturated rings. The highest BCUT2D eigenvalue weighted by molar-refractivity contribution is 5.97. The van der Waals surface area contributed by atoms with Crippen molar-refractivity contribution < 1.29 is 14.0 Å². The largest absolute Gasteiger partial charge is 0.342 e. The zero-order valence-corrected chi connectivity index (χ0v) is 16.6. The fourth-order valence-corrected chi connectivity index (χ4v) is 4.11. The van der Waals surface area contributed by atoms with Crippen molar-refractivity contribution in [2.75, 3.05) is 6.54 Å². The smallest absolute Gasteiger partial charge is 0.245 e. The minimum Gasteiger partial charge on any atom is -0.342 e. The van der Waals surface area contributed by atoms with Crippen LogP contribution in [-0.4, -0.2) is 51.2 Å². The quantitative estimate of drug-likeness (QED) is 0.774. The number of fused-ring (bicyclic) bond motifs is 1. The summed E-state index contributed by atoms with van der Waals surface area (Å²) >= 11 is 0. The molecule has 2 N–H and O–H groups in total. The van der Waals surface area contributed by atoms with E-state index in [2.05, 4.69) is 15.7 Å². The van der Waals surface area contributed by atoms with E-state index in [9.17, 15) is 14.0 Å². The first-order valence-electron chi connectivity index (χ1n) is 10.0. The summed E-state index contributed by atoms with van der Waals surface area (Å²) < 4.78 is 15.0. The van der Waals surface area contributed by atoms with Crippen LogP contribution in [0.3, 0.4) is 0 Å². The number of halogens is 1. The van der Waals surface area contributed by atoms with E-state index in [-0.39, 0.29) is 23.7 Å². The van der Waals surface area contributed by atoms with Gasteiger partial charge in [0.15, 0.2) is 0 Å². The lowest BCUT2D eigenvalue weighted by Crippen LogP contribution is -2.61. The van der Waals surface area contributed by atoms with Gasteiger partial charge in [-0.3, -0.25) is 9.59 Å². The summed E-state index contributed by atoms with van der Waals surface area (Å²) in [5, 5.41) is 10.6. The highest BCUT2D eigenvalue weighted by Crippen LogP contribution is 2.25. The summed E-state index contributed by atoms with van der Waals surface area (Å²) in [5.74, 6) is -0.00375. The topological polar surface area (TPSA) is 79.3 Å². The maximum absolute atomic E-state index is 13.4. The van der Waals surface area contributed by atoms with Crippen molar-refractivity contribution in [1.82, 2.24) is 25.3 Å². The zero-order chi connectivity index (χ0) is 20.5. The first kappa shape index (κ1) is 19.6. The standard InChI is InChI=1S/C21H26FN5O2/c1-13(2)6-18-21(29)26-12-16(8-19(26)20(28)25-18)23-9-14-10-24-27(11-14)17-5-3-4-15(22)7-17/h3-5,7,10-11,13,16,18-19,23H,6,8-9,12H2,1-2H3,(H,25,28)/t16-,18-,19-/m0/s1. The Hall–Kier alpha value is -2.74. The number of piperazine rings is 1. The number of rotatable bonds is 6. The van der Waals surface area contributed by atoms with Crippen molar-refractivity contribution in [2.24, 2.45) is 5.92 Å². The van der Waals surface area contributed by atoms with Crippen LogP contribution in [0.5, 0.6) is 0 Å². The first-order valence-corrected chi connectivity index (χ1v) is 10.0. The molecule has 0 aliphatic carbocycles. The Balaban J connectivity index is 1.36. The van der Waals surface area contributed by atoms with Gasteiger partial charge in [0, 0.05) is 30.9 Å². The molecular formula is C21H26FN5O2. The van der Waals surface area contributed by atoms with Crippen molar-refractivity contribution in [1.29, 1.82) is 0 Å². The van der Waals surface area contributed by atoms with Gasteiger partial charge in [0.1, 0.15) is 17.9 Å². The number of nitrogens with one attached hydrogen (secondary N) is 2. The van der Waals surface area contributed by atoms with Gasteiger partial charge in [-0.2, -0.15) is 5.10 Å². The number of carbonyl (C=O) groups excluding carboxylic acids is 2. The third-order valence-corrected chi connectivity index (χ3v) is 5.51. The van der Waals surface area contributed by atoms with Crippen molar-refractivity contribution in [2.45, 2.75) is 51.4 Å². The van der Waals surface area contributed by atoms with E-state index in [4.69, 9.17) is 0 Å². The van der Waals surface area contributed by atoms with E-state index in [1.54, 1.807) is 27.9 Å². The van der Waals surface area contributed by atoms with Crippen LogP contribution in [-0.2, 0) is 16.1 Å². The molecule has 2 aliphatic heterocycles. The van der Waals surface area contributed by atoms with Crippen molar-refractivity contribution in [3.05, 3.63) is 48.0 Å². The molecule has 1 aromatic heterocycles. The minimum absolute atomic E-state index is 0.0199. The molecule has 0 spiro atoms. The highest BCUT2D eigenvalue weighted by Gasteiger charge is 2.46. The molecule has 2 saturated heterocycles. The fourth-order valence-electron chi connectivity index (χ4n) is 4.11. The number of benzene rings is 1. The lowest BCUT2D eigenvalue weighted by molar-refractivity contribution is -0.147. The molecule has 2 aromatic rings. The van der Waals surface area contributed by atoms with Gasteiger partial charge in [0.2, 0.25) is 11.8 Å². The molecule has 0 unspecified atom stereocenters. The van der Waals surface area contributed by atoms with Crippen LogP contribution in [0, 0.1) is 11.7 Å². The Morgan fingerprint density at radius 1 is 1.34 bits per heavy atom. The molecule has 2 amide bonds. The van der Waals surface area contributed by atoms with E-state index in [0.29, 0.717) is 37.5 Å². The maximum atomic E-state index is 13.4. The third kappa shape index (κ3) is 4.17. The predicted octanol–water partition coefficient (Wildman–Crippen LogP) is 1.61. The average Bonchev–Trinajstić information content (AvgIpc) is 3.31. The summed E-state index contributed by atoms with van der Waals surface area (Å²) in [6, 6.07) is 5.50. The van der Waals surface area contributed by atoms with Gasteiger partial charge >= 0.3 is 0 Å². The number of nitrogens with zero attached hydrogens (tertiary/aromatic N) is 3. The Bertz CT molecular complexity index is 912. The molecule has 4 rings (SSSR count). The van der Waals surface area contributed by atoms with Crippen molar-refractivity contribution >= 4 is 11.8 Å². The lowest BCUT2D eigenvalue weighted by atomic mass is 9.99. The number of amides is 2. The second-order valence-corrected chi connectivity index (χ2v) is 8.28. The first-order chi connectivity index (χ1) is 13.9. The Labute approximate surface area is 169 Å². The van der Waals surface area contributed by atoms with Gasteiger partial charge in [-0.25, -0.2) is 9.07 Å². The van der Waals surface area contributed by atoms with Gasteiger partial charge in [-0.15, -0.1) is 0 Å². The molecule has 0 bridgehead atoms. The van der Waals surface area contributed by atoms with E-state index in [0.717, 1.165) is 5.56 Å². The second-order valence-electron chi connectivity index (χ2n) is 8.28. The Morgan fingerprint density at radius 3 is 2.93 bits per heavy atom. The third-order valence-electron chi connectivity index (χ3n) is 5.51. The van der Waals surface area contributed by atoms with E-state index in [1.807, 2.05) is 20.0 Å². The van der Waals surface area contributed by atoms with E-state index >= 15 is 0 Å².